The summed E-state index contributed by atoms with van der Waals surface area (Å²) in [7, 11) is 0. The molecule has 1 aromatic heterocycles. The first kappa shape index (κ1) is 15.4. The molecule has 0 unspecified atom stereocenters. The molecule has 0 spiro atoms. The molecule has 1 aliphatic rings. The molecule has 1 aliphatic heterocycles. The predicted octanol–water partition coefficient (Wildman–Crippen LogP) is 1.80. The van der Waals surface area contributed by atoms with E-state index < -0.39 is 11.0 Å². The molecule has 112 valence electrons. The number of nitrogens with zero attached hydrogens (tertiary/aromatic N) is 1. The minimum Gasteiger partial charge on any atom is -0.451 e. The van der Waals surface area contributed by atoms with Crippen LogP contribution in [0, 0.1) is 5.41 Å². The maximum absolute atomic E-state index is 12.3. The molecule has 2 heterocycles. The standard InChI is InChI=1S/C14H22N2O3S/c1-13(2,3)12(18)19-14(4-6-15-7-5-14)11-16-10(8-17)9-20-11/h9,15,17H,4-8H2,1-3H3. The zero-order chi connectivity index (χ0) is 14.8. The minimum atomic E-state index is -0.645. The van der Waals surface area contributed by atoms with Gasteiger partial charge in [0.2, 0.25) is 0 Å². The predicted molar refractivity (Wildman–Crippen MR) is 77.4 cm³/mol. The van der Waals surface area contributed by atoms with E-state index in [0.29, 0.717) is 18.5 Å². The maximum Gasteiger partial charge on any atom is 0.312 e. The zero-order valence-corrected chi connectivity index (χ0v) is 13.0. The number of hydrogen-bond donors (Lipinski definition) is 2. The molecule has 2 rings (SSSR count). The molecule has 0 aromatic carbocycles. The smallest absolute Gasteiger partial charge is 0.312 e. The number of esters is 1. The Morgan fingerprint density at radius 2 is 2.15 bits per heavy atom. The second-order valence-corrected chi connectivity index (χ2v) is 7.04. The average molecular weight is 298 g/mol. The Labute approximate surface area is 123 Å². The van der Waals surface area contributed by atoms with Gasteiger partial charge in [0, 0.05) is 18.2 Å². The lowest BCUT2D eigenvalue weighted by Gasteiger charge is -2.37. The zero-order valence-electron chi connectivity index (χ0n) is 12.2. The van der Waals surface area contributed by atoms with Gasteiger partial charge in [0.1, 0.15) is 5.01 Å². The van der Waals surface area contributed by atoms with Crippen LogP contribution in [-0.4, -0.2) is 29.1 Å². The van der Waals surface area contributed by atoms with Gasteiger partial charge in [-0.05, 0) is 33.9 Å². The van der Waals surface area contributed by atoms with Crippen molar-refractivity contribution in [1.82, 2.24) is 10.3 Å². The number of rotatable bonds is 3. The molecule has 0 aliphatic carbocycles. The quantitative estimate of drug-likeness (QED) is 0.833. The Balaban J connectivity index is 2.28. The minimum absolute atomic E-state index is 0.0853. The van der Waals surface area contributed by atoms with Gasteiger partial charge in [-0.3, -0.25) is 4.79 Å². The Hall–Kier alpha value is -0.980. The van der Waals surface area contributed by atoms with Crippen LogP contribution in [0.5, 0.6) is 0 Å². The number of aliphatic hydroxyl groups is 1. The lowest BCUT2D eigenvalue weighted by atomic mass is 9.91. The van der Waals surface area contributed by atoms with E-state index in [1.807, 2.05) is 26.2 Å². The molecule has 20 heavy (non-hydrogen) atoms. The van der Waals surface area contributed by atoms with Crippen molar-refractivity contribution in [2.45, 2.75) is 45.8 Å². The summed E-state index contributed by atoms with van der Waals surface area (Å²) in [6.07, 6.45) is 1.43. The van der Waals surface area contributed by atoms with Crippen LogP contribution < -0.4 is 5.32 Å². The summed E-state index contributed by atoms with van der Waals surface area (Å²) in [6, 6.07) is 0. The average Bonchev–Trinajstić information content (AvgIpc) is 2.88. The number of thiazole rings is 1. The molecule has 0 amide bonds. The molecule has 0 bridgehead atoms. The second-order valence-electron chi connectivity index (χ2n) is 6.19. The SMILES string of the molecule is CC(C)(C)C(=O)OC1(c2nc(CO)cs2)CCNCC1. The Kier molecular flexibility index (Phi) is 4.46. The molecule has 1 saturated heterocycles. The molecule has 0 saturated carbocycles. The normalized spacial score (nSPS) is 18.8. The Morgan fingerprint density at radius 3 is 2.65 bits per heavy atom. The lowest BCUT2D eigenvalue weighted by molar-refractivity contribution is -0.174. The number of aromatic nitrogens is 1. The third kappa shape index (κ3) is 3.19. The van der Waals surface area contributed by atoms with Gasteiger partial charge in [0.15, 0.2) is 5.60 Å². The highest BCUT2D eigenvalue weighted by Crippen LogP contribution is 2.38. The van der Waals surface area contributed by atoms with E-state index in [0.717, 1.165) is 18.1 Å². The van der Waals surface area contributed by atoms with E-state index >= 15 is 0 Å². The summed E-state index contributed by atoms with van der Waals surface area (Å²) < 4.78 is 5.87. The van der Waals surface area contributed by atoms with Gasteiger partial charge in [-0.2, -0.15) is 0 Å². The number of carbonyl (C=O) groups is 1. The fourth-order valence-electron chi connectivity index (χ4n) is 2.11. The van der Waals surface area contributed by atoms with Crippen LogP contribution in [0.2, 0.25) is 0 Å². The highest BCUT2D eigenvalue weighted by molar-refractivity contribution is 7.09. The molecule has 0 atom stereocenters. The first-order valence-corrected chi connectivity index (χ1v) is 7.75. The maximum atomic E-state index is 12.3. The van der Waals surface area contributed by atoms with Gasteiger partial charge in [0.05, 0.1) is 17.7 Å². The first-order chi connectivity index (χ1) is 9.37. The van der Waals surface area contributed by atoms with Crippen molar-refractivity contribution in [3.8, 4) is 0 Å². The van der Waals surface area contributed by atoms with E-state index in [9.17, 15) is 4.79 Å². The van der Waals surface area contributed by atoms with Gasteiger partial charge in [0.25, 0.3) is 0 Å². The fourth-order valence-corrected chi connectivity index (χ4v) is 3.12. The molecule has 6 heteroatoms. The van der Waals surface area contributed by atoms with Crippen molar-refractivity contribution in [1.29, 1.82) is 0 Å². The second kappa shape index (κ2) is 5.79. The van der Waals surface area contributed by atoms with E-state index in [2.05, 4.69) is 10.3 Å². The number of carbonyl (C=O) groups excluding carboxylic acids is 1. The Bertz CT molecular complexity index is 473. The van der Waals surface area contributed by atoms with Crippen LogP contribution in [0.15, 0.2) is 5.38 Å². The Morgan fingerprint density at radius 1 is 1.50 bits per heavy atom. The number of piperidine rings is 1. The summed E-state index contributed by atoms with van der Waals surface area (Å²) in [5, 5.41) is 15.1. The fraction of sp³-hybridized carbons (Fsp3) is 0.714. The van der Waals surface area contributed by atoms with Crippen molar-refractivity contribution in [3.05, 3.63) is 16.1 Å². The highest BCUT2D eigenvalue weighted by atomic mass is 32.1. The third-order valence-corrected chi connectivity index (χ3v) is 4.49. The summed E-state index contributed by atoms with van der Waals surface area (Å²) >= 11 is 1.46. The van der Waals surface area contributed by atoms with Crippen LogP contribution in [0.1, 0.15) is 44.3 Å². The lowest BCUT2D eigenvalue weighted by Crippen LogP contribution is -2.45. The van der Waals surface area contributed by atoms with Crippen LogP contribution in [0.25, 0.3) is 0 Å². The third-order valence-electron chi connectivity index (χ3n) is 3.42. The van der Waals surface area contributed by atoms with Crippen molar-refractivity contribution >= 4 is 17.3 Å². The molecule has 5 nitrogen and oxygen atoms in total. The van der Waals surface area contributed by atoms with Gasteiger partial charge in [-0.15, -0.1) is 11.3 Å². The van der Waals surface area contributed by atoms with E-state index in [4.69, 9.17) is 9.84 Å². The largest absolute Gasteiger partial charge is 0.451 e. The highest BCUT2D eigenvalue weighted by Gasteiger charge is 2.42. The monoisotopic (exact) mass is 298 g/mol. The number of aliphatic hydroxyl groups excluding tert-OH is 1. The summed E-state index contributed by atoms with van der Waals surface area (Å²) in [5.41, 5.74) is -0.544. The van der Waals surface area contributed by atoms with Crippen molar-refractivity contribution in [2.24, 2.45) is 5.41 Å². The van der Waals surface area contributed by atoms with E-state index in [1.165, 1.54) is 11.3 Å². The summed E-state index contributed by atoms with van der Waals surface area (Å²) in [5.74, 6) is -0.208. The van der Waals surface area contributed by atoms with Crippen LogP contribution in [-0.2, 0) is 21.7 Å². The first-order valence-electron chi connectivity index (χ1n) is 6.87. The van der Waals surface area contributed by atoms with Crippen LogP contribution in [0.4, 0.5) is 0 Å². The number of ether oxygens (including phenoxy) is 1. The van der Waals surface area contributed by atoms with Gasteiger partial charge in [-0.1, -0.05) is 0 Å². The van der Waals surface area contributed by atoms with Gasteiger partial charge < -0.3 is 15.2 Å². The number of nitrogens with one attached hydrogen (secondary N) is 1. The van der Waals surface area contributed by atoms with Gasteiger partial charge in [-0.25, -0.2) is 4.98 Å². The molecule has 1 fully saturated rings. The molecular weight excluding hydrogens is 276 g/mol. The summed E-state index contributed by atoms with van der Waals surface area (Å²) in [6.45, 7) is 7.07. The molecule has 1 aromatic rings. The topological polar surface area (TPSA) is 71.5 Å². The van der Waals surface area contributed by atoms with Crippen molar-refractivity contribution in [3.63, 3.8) is 0 Å². The van der Waals surface area contributed by atoms with E-state index in [-0.39, 0.29) is 12.6 Å². The molecular formula is C14H22N2O3S. The van der Waals surface area contributed by atoms with Crippen LogP contribution >= 0.6 is 11.3 Å². The van der Waals surface area contributed by atoms with E-state index in [1.54, 1.807) is 0 Å². The number of hydrogen-bond acceptors (Lipinski definition) is 6. The van der Waals surface area contributed by atoms with Crippen molar-refractivity contribution in [2.75, 3.05) is 13.1 Å². The van der Waals surface area contributed by atoms with Gasteiger partial charge >= 0.3 is 5.97 Å². The van der Waals surface area contributed by atoms with Crippen LogP contribution in [0.3, 0.4) is 0 Å². The van der Waals surface area contributed by atoms with Crippen molar-refractivity contribution < 1.29 is 14.6 Å². The molecule has 0 radical (unpaired) electrons. The summed E-state index contributed by atoms with van der Waals surface area (Å²) in [4.78, 5) is 16.7. The molecule has 2 N–H and O–H groups in total.